The van der Waals surface area contributed by atoms with Gasteiger partial charge in [-0.15, -0.1) is 0 Å². The molecule has 0 aromatic rings. The number of nitrogens with zero attached hydrogens (tertiary/aromatic N) is 1. The third kappa shape index (κ3) is 1.25. The number of hydrogen-bond acceptors (Lipinski definition) is 2. The zero-order valence-corrected chi connectivity index (χ0v) is 7.19. The Labute approximate surface area is 71.9 Å². The number of carbonyl (C=O) groups is 1. The van der Waals surface area contributed by atoms with Gasteiger partial charge in [-0.05, 0) is 19.3 Å². The molecule has 2 heterocycles. The molecule has 1 amide bonds. The van der Waals surface area contributed by atoms with E-state index in [1.165, 1.54) is 5.06 Å². The van der Waals surface area contributed by atoms with Crippen molar-refractivity contribution < 1.29 is 9.63 Å². The van der Waals surface area contributed by atoms with E-state index in [2.05, 4.69) is 12.2 Å². The van der Waals surface area contributed by atoms with Gasteiger partial charge in [0.1, 0.15) is 6.10 Å². The lowest BCUT2D eigenvalue weighted by molar-refractivity contribution is -0.206. The van der Waals surface area contributed by atoms with Crippen LogP contribution in [0.3, 0.4) is 0 Å². The number of amides is 1. The predicted octanol–water partition coefficient (Wildman–Crippen LogP) is 1.26. The summed E-state index contributed by atoms with van der Waals surface area (Å²) >= 11 is 0. The molecule has 3 rings (SSSR count). The highest BCUT2D eigenvalue weighted by atomic mass is 16.7. The van der Waals surface area contributed by atoms with Crippen LogP contribution in [0.5, 0.6) is 0 Å². The van der Waals surface area contributed by atoms with Gasteiger partial charge in [0, 0.05) is 6.92 Å². The molecule has 0 unspecified atom stereocenters. The van der Waals surface area contributed by atoms with E-state index in [1.807, 2.05) is 0 Å². The summed E-state index contributed by atoms with van der Waals surface area (Å²) in [6.07, 6.45) is 7.50. The summed E-state index contributed by atoms with van der Waals surface area (Å²) in [6.45, 7) is 1.55. The Bertz CT molecular complexity index is 225. The molecule has 66 valence electrons. The standard InChI is InChI=1S/C9H13NO2/c1-7(11)10-8-3-2-4-9(12-10)6-5-8/h5-6,8-9H,2-4H2,1H3/t8-,9-/m0/s1. The van der Waals surface area contributed by atoms with Gasteiger partial charge in [0.15, 0.2) is 0 Å². The summed E-state index contributed by atoms with van der Waals surface area (Å²) in [4.78, 5) is 16.6. The molecule has 0 spiro atoms. The molecular formula is C9H13NO2. The molecule has 1 fully saturated rings. The van der Waals surface area contributed by atoms with E-state index in [0.717, 1.165) is 19.3 Å². The fourth-order valence-electron chi connectivity index (χ4n) is 1.79. The van der Waals surface area contributed by atoms with E-state index in [0.29, 0.717) is 0 Å². The number of hydroxylamine groups is 2. The normalized spacial score (nSPS) is 33.6. The second-order valence-electron chi connectivity index (χ2n) is 3.37. The van der Waals surface area contributed by atoms with Gasteiger partial charge < -0.3 is 0 Å². The largest absolute Gasteiger partial charge is 0.273 e. The number of rotatable bonds is 0. The molecule has 3 heteroatoms. The Balaban J connectivity index is 2.19. The van der Waals surface area contributed by atoms with Crippen molar-refractivity contribution in [3.8, 4) is 0 Å². The maximum Gasteiger partial charge on any atom is 0.243 e. The highest BCUT2D eigenvalue weighted by Crippen LogP contribution is 2.25. The SMILES string of the molecule is CC(=O)N1O[C@@H]2C=C[C@@H]1CCC2. The first-order valence-corrected chi connectivity index (χ1v) is 4.42. The van der Waals surface area contributed by atoms with Gasteiger partial charge in [-0.1, -0.05) is 12.2 Å². The highest BCUT2D eigenvalue weighted by molar-refractivity contribution is 5.72. The van der Waals surface area contributed by atoms with Gasteiger partial charge in [0.2, 0.25) is 5.91 Å². The fourth-order valence-corrected chi connectivity index (χ4v) is 1.79. The average Bonchev–Trinajstić information content (AvgIpc) is 2.36. The lowest BCUT2D eigenvalue weighted by Gasteiger charge is -2.30. The second-order valence-corrected chi connectivity index (χ2v) is 3.37. The van der Waals surface area contributed by atoms with Crippen molar-refractivity contribution in [1.29, 1.82) is 0 Å². The van der Waals surface area contributed by atoms with Crippen molar-refractivity contribution in [3.63, 3.8) is 0 Å². The van der Waals surface area contributed by atoms with E-state index in [9.17, 15) is 4.79 Å². The third-order valence-electron chi connectivity index (χ3n) is 2.40. The number of fused-ring (bicyclic) bond motifs is 3. The van der Waals surface area contributed by atoms with Crippen LogP contribution in [0.2, 0.25) is 0 Å². The minimum atomic E-state index is 0.0104. The van der Waals surface area contributed by atoms with Crippen LogP contribution in [0, 0.1) is 0 Å². The Kier molecular flexibility index (Phi) is 1.89. The van der Waals surface area contributed by atoms with Crippen LogP contribution in [-0.2, 0) is 9.63 Å². The number of hydrogen-bond donors (Lipinski definition) is 0. The number of carbonyl (C=O) groups excluding carboxylic acids is 1. The zero-order chi connectivity index (χ0) is 8.55. The van der Waals surface area contributed by atoms with Crippen molar-refractivity contribution in [2.24, 2.45) is 0 Å². The van der Waals surface area contributed by atoms with Crippen LogP contribution in [0.25, 0.3) is 0 Å². The van der Waals surface area contributed by atoms with Crippen LogP contribution in [0.1, 0.15) is 26.2 Å². The summed E-state index contributed by atoms with van der Waals surface area (Å²) in [5.41, 5.74) is 0. The summed E-state index contributed by atoms with van der Waals surface area (Å²) in [5.74, 6) is 0.0104. The van der Waals surface area contributed by atoms with Crippen LogP contribution in [0.15, 0.2) is 12.2 Å². The first-order valence-electron chi connectivity index (χ1n) is 4.42. The molecule has 2 bridgehead atoms. The highest BCUT2D eigenvalue weighted by Gasteiger charge is 2.29. The Morgan fingerprint density at radius 2 is 2.33 bits per heavy atom. The molecule has 12 heavy (non-hydrogen) atoms. The fraction of sp³-hybridized carbons (Fsp3) is 0.667. The monoisotopic (exact) mass is 167 g/mol. The molecule has 1 saturated heterocycles. The van der Waals surface area contributed by atoms with Crippen LogP contribution in [0.4, 0.5) is 0 Å². The Morgan fingerprint density at radius 3 is 3.08 bits per heavy atom. The van der Waals surface area contributed by atoms with Gasteiger partial charge in [-0.3, -0.25) is 9.63 Å². The maximum atomic E-state index is 11.1. The lowest BCUT2D eigenvalue weighted by Crippen LogP contribution is -2.41. The van der Waals surface area contributed by atoms with Crippen LogP contribution < -0.4 is 0 Å². The van der Waals surface area contributed by atoms with Crippen LogP contribution >= 0.6 is 0 Å². The molecule has 3 aliphatic rings. The molecule has 2 aliphatic heterocycles. The lowest BCUT2D eigenvalue weighted by atomic mass is 10.1. The summed E-state index contributed by atoms with van der Waals surface area (Å²) in [5, 5.41) is 1.51. The van der Waals surface area contributed by atoms with Crippen molar-refractivity contribution in [3.05, 3.63) is 12.2 Å². The molecule has 0 saturated carbocycles. The zero-order valence-electron chi connectivity index (χ0n) is 7.19. The maximum absolute atomic E-state index is 11.1. The van der Waals surface area contributed by atoms with Crippen molar-refractivity contribution >= 4 is 5.91 Å². The molecule has 1 aliphatic carbocycles. The predicted molar refractivity (Wildman–Crippen MR) is 44.2 cm³/mol. The molecule has 2 atom stereocenters. The van der Waals surface area contributed by atoms with E-state index in [4.69, 9.17) is 4.84 Å². The summed E-state index contributed by atoms with van der Waals surface area (Å²) in [6, 6.07) is 0.182. The van der Waals surface area contributed by atoms with Gasteiger partial charge in [-0.2, -0.15) is 0 Å². The van der Waals surface area contributed by atoms with Crippen LogP contribution in [-0.4, -0.2) is 23.1 Å². The van der Waals surface area contributed by atoms with E-state index in [1.54, 1.807) is 6.92 Å². The summed E-state index contributed by atoms with van der Waals surface area (Å²) in [7, 11) is 0. The quantitative estimate of drug-likeness (QED) is 0.508. The van der Waals surface area contributed by atoms with Gasteiger partial charge in [0.25, 0.3) is 0 Å². The molecule has 0 aromatic heterocycles. The first kappa shape index (κ1) is 7.80. The Morgan fingerprint density at radius 1 is 1.50 bits per heavy atom. The first-order chi connectivity index (χ1) is 5.77. The van der Waals surface area contributed by atoms with Crippen molar-refractivity contribution in [2.75, 3.05) is 0 Å². The molecular weight excluding hydrogens is 154 g/mol. The second kappa shape index (κ2) is 2.90. The van der Waals surface area contributed by atoms with E-state index < -0.39 is 0 Å². The minimum Gasteiger partial charge on any atom is -0.273 e. The third-order valence-corrected chi connectivity index (χ3v) is 2.40. The van der Waals surface area contributed by atoms with Gasteiger partial charge in [-0.25, -0.2) is 5.06 Å². The van der Waals surface area contributed by atoms with E-state index >= 15 is 0 Å². The smallest absolute Gasteiger partial charge is 0.243 e. The van der Waals surface area contributed by atoms with E-state index in [-0.39, 0.29) is 18.1 Å². The van der Waals surface area contributed by atoms with Crippen molar-refractivity contribution in [1.82, 2.24) is 5.06 Å². The Hall–Kier alpha value is -0.830. The minimum absolute atomic E-state index is 0.0104. The summed E-state index contributed by atoms with van der Waals surface area (Å²) < 4.78 is 0. The molecule has 0 radical (unpaired) electrons. The van der Waals surface area contributed by atoms with Gasteiger partial charge in [0.05, 0.1) is 6.04 Å². The van der Waals surface area contributed by atoms with Gasteiger partial charge >= 0.3 is 0 Å². The molecule has 0 N–H and O–H groups in total. The topological polar surface area (TPSA) is 29.5 Å². The van der Waals surface area contributed by atoms with Crippen molar-refractivity contribution in [2.45, 2.75) is 38.3 Å². The average molecular weight is 167 g/mol. The molecule has 3 nitrogen and oxygen atoms in total. The molecule has 0 aromatic carbocycles.